The Morgan fingerprint density at radius 1 is 1.62 bits per heavy atom. The van der Waals surface area contributed by atoms with E-state index in [1.807, 2.05) is 0 Å². The molecule has 1 unspecified atom stereocenters. The van der Waals surface area contributed by atoms with Gasteiger partial charge in [-0.2, -0.15) is 0 Å². The van der Waals surface area contributed by atoms with Gasteiger partial charge in [0.15, 0.2) is 0 Å². The lowest BCUT2D eigenvalue weighted by molar-refractivity contribution is 0.117. The first-order valence-electron chi connectivity index (χ1n) is 4.57. The monoisotopic (exact) mass is 182 g/mol. The van der Waals surface area contributed by atoms with Crippen molar-refractivity contribution in [3.63, 3.8) is 0 Å². The molecule has 1 aromatic heterocycles. The van der Waals surface area contributed by atoms with E-state index in [9.17, 15) is 0 Å². The summed E-state index contributed by atoms with van der Waals surface area (Å²) in [7, 11) is 3.78. The number of nitrogens with zero attached hydrogens (tertiary/aromatic N) is 1. The van der Waals surface area contributed by atoms with Crippen molar-refractivity contribution >= 4 is 0 Å². The minimum absolute atomic E-state index is 0.278. The summed E-state index contributed by atoms with van der Waals surface area (Å²) in [5.74, 6) is 0. The summed E-state index contributed by atoms with van der Waals surface area (Å²) in [6.45, 7) is 3.84. The van der Waals surface area contributed by atoms with Gasteiger partial charge in [-0.1, -0.05) is 0 Å². The molecule has 1 atom stereocenters. The number of nitrogens with one attached hydrogen (secondary N) is 1. The standard InChI is InChI=1S/C10H18N2O/c1-9(13-3)7-11-8-10-5-4-6-12(10)2/h4-6,9,11H,7-8H2,1-3H3. The molecular weight excluding hydrogens is 164 g/mol. The minimum Gasteiger partial charge on any atom is -0.380 e. The van der Waals surface area contributed by atoms with Crippen LogP contribution in [0.25, 0.3) is 0 Å². The molecule has 13 heavy (non-hydrogen) atoms. The largest absolute Gasteiger partial charge is 0.380 e. The third-order valence-corrected chi connectivity index (χ3v) is 2.19. The van der Waals surface area contributed by atoms with Crippen LogP contribution in [0.3, 0.4) is 0 Å². The van der Waals surface area contributed by atoms with Crippen molar-refractivity contribution in [2.75, 3.05) is 13.7 Å². The van der Waals surface area contributed by atoms with Crippen LogP contribution in [0.5, 0.6) is 0 Å². The Kier molecular flexibility index (Phi) is 3.99. The number of methoxy groups -OCH3 is 1. The van der Waals surface area contributed by atoms with Crippen molar-refractivity contribution in [2.45, 2.75) is 19.6 Å². The zero-order valence-corrected chi connectivity index (χ0v) is 8.58. The Morgan fingerprint density at radius 2 is 2.38 bits per heavy atom. The Balaban J connectivity index is 2.24. The summed E-state index contributed by atoms with van der Waals surface area (Å²) >= 11 is 0. The first kappa shape index (κ1) is 10.3. The summed E-state index contributed by atoms with van der Waals surface area (Å²) in [6, 6.07) is 4.17. The van der Waals surface area contributed by atoms with Gasteiger partial charge < -0.3 is 14.6 Å². The molecule has 1 rings (SSSR count). The van der Waals surface area contributed by atoms with Gasteiger partial charge in [-0.3, -0.25) is 0 Å². The maximum absolute atomic E-state index is 5.13. The minimum atomic E-state index is 0.278. The first-order chi connectivity index (χ1) is 6.24. The summed E-state index contributed by atoms with van der Waals surface area (Å²) in [5.41, 5.74) is 1.29. The van der Waals surface area contributed by atoms with Gasteiger partial charge >= 0.3 is 0 Å². The van der Waals surface area contributed by atoms with Crippen LogP contribution in [0.2, 0.25) is 0 Å². The van der Waals surface area contributed by atoms with Crippen LogP contribution in [-0.2, 0) is 18.3 Å². The zero-order valence-electron chi connectivity index (χ0n) is 8.58. The molecule has 0 aliphatic heterocycles. The molecule has 0 bridgehead atoms. The highest BCUT2D eigenvalue weighted by Gasteiger charge is 1.99. The third-order valence-electron chi connectivity index (χ3n) is 2.19. The molecule has 0 radical (unpaired) electrons. The van der Waals surface area contributed by atoms with E-state index in [0.29, 0.717) is 0 Å². The molecule has 1 heterocycles. The van der Waals surface area contributed by atoms with Crippen molar-refractivity contribution in [1.82, 2.24) is 9.88 Å². The number of ether oxygens (including phenoxy) is 1. The van der Waals surface area contributed by atoms with Crippen molar-refractivity contribution in [3.05, 3.63) is 24.0 Å². The maximum atomic E-state index is 5.13. The maximum Gasteiger partial charge on any atom is 0.0667 e. The van der Waals surface area contributed by atoms with Crippen LogP contribution in [0.15, 0.2) is 18.3 Å². The van der Waals surface area contributed by atoms with Gasteiger partial charge in [-0.15, -0.1) is 0 Å². The molecule has 3 heteroatoms. The molecular formula is C10H18N2O. The molecule has 0 fully saturated rings. The van der Waals surface area contributed by atoms with Gasteiger partial charge in [0.2, 0.25) is 0 Å². The highest BCUT2D eigenvalue weighted by Crippen LogP contribution is 1.98. The van der Waals surface area contributed by atoms with E-state index in [1.165, 1.54) is 5.69 Å². The Bertz CT molecular complexity index is 245. The van der Waals surface area contributed by atoms with Gasteiger partial charge in [-0.25, -0.2) is 0 Å². The first-order valence-corrected chi connectivity index (χ1v) is 4.57. The molecule has 0 aliphatic carbocycles. The second kappa shape index (κ2) is 5.04. The van der Waals surface area contributed by atoms with E-state index in [-0.39, 0.29) is 6.10 Å². The molecule has 1 aromatic rings. The van der Waals surface area contributed by atoms with Crippen LogP contribution in [0.1, 0.15) is 12.6 Å². The van der Waals surface area contributed by atoms with Crippen molar-refractivity contribution in [1.29, 1.82) is 0 Å². The average molecular weight is 182 g/mol. The Labute approximate surface area is 79.7 Å². The van der Waals surface area contributed by atoms with Crippen molar-refractivity contribution in [3.8, 4) is 0 Å². The fourth-order valence-electron chi connectivity index (χ4n) is 1.17. The summed E-state index contributed by atoms with van der Waals surface area (Å²) in [4.78, 5) is 0. The van der Waals surface area contributed by atoms with Crippen LogP contribution in [0, 0.1) is 0 Å². The van der Waals surface area contributed by atoms with Crippen LogP contribution in [0.4, 0.5) is 0 Å². The van der Waals surface area contributed by atoms with E-state index in [0.717, 1.165) is 13.1 Å². The van der Waals surface area contributed by atoms with Gasteiger partial charge in [-0.05, 0) is 19.1 Å². The van der Waals surface area contributed by atoms with Crippen LogP contribution >= 0.6 is 0 Å². The molecule has 1 N–H and O–H groups in total. The van der Waals surface area contributed by atoms with Crippen LogP contribution < -0.4 is 5.32 Å². The lowest BCUT2D eigenvalue weighted by Gasteiger charge is -2.10. The number of aromatic nitrogens is 1. The predicted molar refractivity (Wildman–Crippen MR) is 53.6 cm³/mol. The summed E-state index contributed by atoms with van der Waals surface area (Å²) in [5, 5.41) is 3.33. The Hall–Kier alpha value is -0.800. The second-order valence-corrected chi connectivity index (χ2v) is 3.29. The van der Waals surface area contributed by atoms with E-state index >= 15 is 0 Å². The second-order valence-electron chi connectivity index (χ2n) is 3.29. The highest BCUT2D eigenvalue weighted by molar-refractivity contribution is 5.05. The average Bonchev–Trinajstić information content (AvgIpc) is 2.52. The molecule has 0 amide bonds. The van der Waals surface area contributed by atoms with E-state index in [1.54, 1.807) is 7.11 Å². The quantitative estimate of drug-likeness (QED) is 0.739. The van der Waals surface area contributed by atoms with Crippen molar-refractivity contribution in [2.24, 2.45) is 7.05 Å². The molecule has 74 valence electrons. The molecule has 0 saturated heterocycles. The normalized spacial score (nSPS) is 13.2. The summed E-state index contributed by atoms with van der Waals surface area (Å²) < 4.78 is 7.25. The fourth-order valence-corrected chi connectivity index (χ4v) is 1.17. The van der Waals surface area contributed by atoms with Gasteiger partial charge in [0, 0.05) is 39.1 Å². The zero-order chi connectivity index (χ0) is 9.68. The van der Waals surface area contributed by atoms with E-state index in [2.05, 4.69) is 42.2 Å². The highest BCUT2D eigenvalue weighted by atomic mass is 16.5. The van der Waals surface area contributed by atoms with Crippen LogP contribution in [-0.4, -0.2) is 24.3 Å². The van der Waals surface area contributed by atoms with Crippen molar-refractivity contribution < 1.29 is 4.74 Å². The number of hydrogen-bond acceptors (Lipinski definition) is 2. The number of hydrogen-bond donors (Lipinski definition) is 1. The lowest BCUT2D eigenvalue weighted by atomic mass is 10.3. The predicted octanol–water partition coefficient (Wildman–Crippen LogP) is 1.15. The van der Waals surface area contributed by atoms with E-state index in [4.69, 9.17) is 4.74 Å². The van der Waals surface area contributed by atoms with Gasteiger partial charge in [0.05, 0.1) is 6.10 Å². The third kappa shape index (κ3) is 3.20. The number of aryl methyl sites for hydroxylation is 1. The molecule has 0 saturated carbocycles. The molecule has 0 aromatic carbocycles. The topological polar surface area (TPSA) is 26.2 Å². The number of rotatable bonds is 5. The van der Waals surface area contributed by atoms with E-state index < -0.39 is 0 Å². The molecule has 0 spiro atoms. The molecule has 0 aliphatic rings. The SMILES string of the molecule is COC(C)CNCc1cccn1C. The Morgan fingerprint density at radius 3 is 2.92 bits per heavy atom. The van der Waals surface area contributed by atoms with Gasteiger partial charge in [0.25, 0.3) is 0 Å². The molecule has 3 nitrogen and oxygen atoms in total. The fraction of sp³-hybridized carbons (Fsp3) is 0.600. The summed E-state index contributed by atoms with van der Waals surface area (Å²) in [6.07, 6.45) is 2.33. The lowest BCUT2D eigenvalue weighted by Crippen LogP contribution is -2.26. The smallest absolute Gasteiger partial charge is 0.0667 e. The van der Waals surface area contributed by atoms with Gasteiger partial charge in [0.1, 0.15) is 0 Å².